The number of aliphatic hydroxyl groups excluding tert-OH is 1. The number of pyridine rings is 2. The third-order valence-corrected chi connectivity index (χ3v) is 5.53. The number of likely N-dealkylation sites (tertiary alicyclic amines) is 1. The lowest BCUT2D eigenvalue weighted by atomic mass is 10.0. The number of benzene rings is 1. The van der Waals surface area contributed by atoms with Crippen molar-refractivity contribution in [2.75, 3.05) is 18.8 Å². The van der Waals surface area contributed by atoms with E-state index in [2.05, 4.69) is 50.2 Å². The number of aliphatic hydroxyl groups is 1. The number of hydrogen-bond donors (Lipinski definition) is 3. The van der Waals surface area contributed by atoms with Crippen molar-refractivity contribution in [3.05, 3.63) is 54.4 Å². The Kier molecular flexibility index (Phi) is 4.22. The highest BCUT2D eigenvalue weighted by atomic mass is 16.3. The number of aromatic nitrogens is 3. The maximum Gasteiger partial charge on any atom is 0.138 e. The first kappa shape index (κ1) is 17.2. The first-order valence-electron chi connectivity index (χ1n) is 9.68. The van der Waals surface area contributed by atoms with Crippen LogP contribution in [0.25, 0.3) is 33.1 Å². The fourth-order valence-corrected chi connectivity index (χ4v) is 4.08. The van der Waals surface area contributed by atoms with E-state index in [0.29, 0.717) is 5.82 Å². The van der Waals surface area contributed by atoms with Crippen LogP contribution < -0.4 is 5.73 Å². The summed E-state index contributed by atoms with van der Waals surface area (Å²) in [6.45, 7) is 2.70. The predicted molar refractivity (Wildman–Crippen MR) is 112 cm³/mol. The SMILES string of the molecule is Nc1cc2c(cn1)[nH]c1ncc(-c3ccc(CN4CCC[C@H](O)C4)cc3)cc12. The Morgan fingerprint density at radius 3 is 2.75 bits per heavy atom. The van der Waals surface area contributed by atoms with Crippen LogP contribution in [0.1, 0.15) is 18.4 Å². The van der Waals surface area contributed by atoms with Gasteiger partial charge in [-0.05, 0) is 42.6 Å². The van der Waals surface area contributed by atoms with Crippen molar-refractivity contribution in [3.63, 3.8) is 0 Å². The Balaban J connectivity index is 1.43. The predicted octanol–water partition coefficient (Wildman–Crippen LogP) is 3.32. The molecule has 0 saturated carbocycles. The molecule has 1 aliphatic rings. The van der Waals surface area contributed by atoms with Gasteiger partial charge in [-0.2, -0.15) is 0 Å². The van der Waals surface area contributed by atoms with E-state index in [9.17, 15) is 5.11 Å². The molecule has 1 fully saturated rings. The van der Waals surface area contributed by atoms with Crippen LogP contribution in [0.2, 0.25) is 0 Å². The number of nitrogens with zero attached hydrogens (tertiary/aromatic N) is 3. The summed E-state index contributed by atoms with van der Waals surface area (Å²) in [5.41, 5.74) is 11.1. The third-order valence-electron chi connectivity index (χ3n) is 5.53. The smallest absolute Gasteiger partial charge is 0.138 e. The standard InChI is InChI=1S/C22H23N5O/c23-21-9-18-19-8-16(10-25-22(19)26-20(18)11-24-21)15-5-3-14(4-6-15)12-27-7-1-2-17(28)13-27/h3-6,8-11,17,28H,1-2,7,12-13H2,(H2,23,24)(H,25,26)/t17-/m0/s1. The largest absolute Gasteiger partial charge is 0.392 e. The number of β-amino-alcohol motifs (C(OH)–C–C–N with tert-alkyl or cyclic N) is 1. The summed E-state index contributed by atoms with van der Waals surface area (Å²) >= 11 is 0. The number of anilines is 1. The van der Waals surface area contributed by atoms with E-state index in [1.807, 2.05) is 12.3 Å². The second-order valence-corrected chi connectivity index (χ2v) is 7.63. The monoisotopic (exact) mass is 373 g/mol. The van der Waals surface area contributed by atoms with Gasteiger partial charge in [0.05, 0.1) is 17.8 Å². The Morgan fingerprint density at radius 1 is 1.07 bits per heavy atom. The van der Waals surface area contributed by atoms with Gasteiger partial charge in [0.2, 0.25) is 0 Å². The summed E-state index contributed by atoms with van der Waals surface area (Å²) in [6, 6.07) is 12.6. The maximum atomic E-state index is 9.85. The van der Waals surface area contributed by atoms with Crippen LogP contribution in [0.3, 0.4) is 0 Å². The summed E-state index contributed by atoms with van der Waals surface area (Å²) in [6.07, 6.45) is 5.44. The van der Waals surface area contributed by atoms with Crippen molar-refractivity contribution >= 4 is 27.8 Å². The highest BCUT2D eigenvalue weighted by molar-refractivity contribution is 6.07. The molecular weight excluding hydrogens is 350 g/mol. The Morgan fingerprint density at radius 2 is 1.93 bits per heavy atom. The average molecular weight is 373 g/mol. The second kappa shape index (κ2) is 6.89. The van der Waals surface area contributed by atoms with Gasteiger partial charge in [-0.25, -0.2) is 9.97 Å². The molecule has 0 radical (unpaired) electrons. The molecule has 4 aromatic rings. The number of rotatable bonds is 3. The Labute approximate surface area is 163 Å². The molecule has 1 aliphatic heterocycles. The first-order valence-corrected chi connectivity index (χ1v) is 9.68. The van der Waals surface area contributed by atoms with Gasteiger partial charge in [0.15, 0.2) is 0 Å². The van der Waals surface area contributed by atoms with Gasteiger partial charge in [-0.1, -0.05) is 24.3 Å². The van der Waals surface area contributed by atoms with Gasteiger partial charge in [-0.15, -0.1) is 0 Å². The zero-order valence-corrected chi connectivity index (χ0v) is 15.6. The number of H-pyrrole nitrogens is 1. The van der Waals surface area contributed by atoms with Crippen LogP contribution in [0.5, 0.6) is 0 Å². The molecule has 0 spiro atoms. The lowest BCUT2D eigenvalue weighted by molar-refractivity contribution is 0.0668. The number of fused-ring (bicyclic) bond motifs is 3. The van der Waals surface area contributed by atoms with Crippen LogP contribution in [-0.2, 0) is 6.54 Å². The quantitative estimate of drug-likeness (QED) is 0.512. The average Bonchev–Trinajstić information content (AvgIpc) is 3.06. The zero-order valence-electron chi connectivity index (χ0n) is 15.6. The zero-order chi connectivity index (χ0) is 19.1. The summed E-state index contributed by atoms with van der Waals surface area (Å²) in [5, 5.41) is 11.9. The lowest BCUT2D eigenvalue weighted by Gasteiger charge is -2.29. The van der Waals surface area contributed by atoms with E-state index in [4.69, 9.17) is 5.73 Å². The van der Waals surface area contributed by atoms with E-state index < -0.39 is 0 Å². The van der Waals surface area contributed by atoms with Gasteiger partial charge < -0.3 is 15.8 Å². The van der Waals surface area contributed by atoms with Crippen LogP contribution in [0.15, 0.2) is 48.8 Å². The highest BCUT2D eigenvalue weighted by Crippen LogP contribution is 2.29. The number of hydrogen-bond acceptors (Lipinski definition) is 5. The van der Waals surface area contributed by atoms with Crippen LogP contribution in [0.4, 0.5) is 5.82 Å². The molecule has 5 rings (SSSR count). The van der Waals surface area contributed by atoms with Crippen LogP contribution >= 0.6 is 0 Å². The molecule has 6 nitrogen and oxygen atoms in total. The van der Waals surface area contributed by atoms with Gasteiger partial charge >= 0.3 is 0 Å². The van der Waals surface area contributed by atoms with Crippen molar-refractivity contribution in [3.8, 4) is 11.1 Å². The van der Waals surface area contributed by atoms with E-state index in [-0.39, 0.29) is 6.10 Å². The molecule has 28 heavy (non-hydrogen) atoms. The number of nitrogens with two attached hydrogens (primary N) is 1. The molecule has 142 valence electrons. The summed E-state index contributed by atoms with van der Waals surface area (Å²) in [4.78, 5) is 14.3. The number of piperidine rings is 1. The molecular formula is C22H23N5O. The molecule has 0 aliphatic carbocycles. The molecule has 0 bridgehead atoms. The van der Waals surface area contributed by atoms with E-state index in [1.165, 1.54) is 5.56 Å². The molecule has 4 heterocycles. The van der Waals surface area contributed by atoms with Crippen molar-refractivity contribution in [1.29, 1.82) is 0 Å². The molecule has 0 unspecified atom stereocenters. The van der Waals surface area contributed by atoms with Crippen LogP contribution in [0, 0.1) is 0 Å². The van der Waals surface area contributed by atoms with Crippen molar-refractivity contribution < 1.29 is 5.11 Å². The molecule has 1 aromatic carbocycles. The molecule has 6 heteroatoms. The van der Waals surface area contributed by atoms with E-state index in [0.717, 1.165) is 65.5 Å². The minimum Gasteiger partial charge on any atom is -0.392 e. The van der Waals surface area contributed by atoms with Crippen molar-refractivity contribution in [2.24, 2.45) is 0 Å². The molecule has 3 aromatic heterocycles. The highest BCUT2D eigenvalue weighted by Gasteiger charge is 2.17. The number of nitrogen functional groups attached to an aromatic ring is 1. The van der Waals surface area contributed by atoms with Gasteiger partial charge in [-0.3, -0.25) is 4.90 Å². The molecule has 1 saturated heterocycles. The van der Waals surface area contributed by atoms with Gasteiger partial charge in [0.25, 0.3) is 0 Å². The summed E-state index contributed by atoms with van der Waals surface area (Å²) in [7, 11) is 0. The fraction of sp³-hybridized carbons (Fsp3) is 0.273. The molecule has 1 atom stereocenters. The van der Waals surface area contributed by atoms with Crippen molar-refractivity contribution in [2.45, 2.75) is 25.5 Å². The minimum atomic E-state index is -0.189. The molecule has 0 amide bonds. The summed E-state index contributed by atoms with van der Waals surface area (Å²) < 4.78 is 0. The maximum absolute atomic E-state index is 9.85. The van der Waals surface area contributed by atoms with E-state index in [1.54, 1.807) is 6.20 Å². The number of aromatic amines is 1. The molecule has 4 N–H and O–H groups in total. The third kappa shape index (κ3) is 3.21. The number of nitrogens with one attached hydrogen (secondary N) is 1. The van der Waals surface area contributed by atoms with Gasteiger partial charge in [0, 0.05) is 35.6 Å². The summed E-state index contributed by atoms with van der Waals surface area (Å²) in [5.74, 6) is 0.506. The van der Waals surface area contributed by atoms with Crippen LogP contribution in [-0.4, -0.2) is 44.2 Å². The lowest BCUT2D eigenvalue weighted by Crippen LogP contribution is -2.37. The second-order valence-electron chi connectivity index (χ2n) is 7.63. The normalized spacial score (nSPS) is 18.1. The van der Waals surface area contributed by atoms with Crippen molar-refractivity contribution in [1.82, 2.24) is 19.9 Å². The minimum absolute atomic E-state index is 0.189. The van der Waals surface area contributed by atoms with Gasteiger partial charge in [0.1, 0.15) is 11.5 Å². The Hall–Kier alpha value is -2.96. The van der Waals surface area contributed by atoms with E-state index >= 15 is 0 Å². The topological polar surface area (TPSA) is 91.1 Å². The Bertz CT molecular complexity index is 1140. The fourth-order valence-electron chi connectivity index (χ4n) is 4.08. The first-order chi connectivity index (χ1) is 13.7.